The third kappa shape index (κ3) is 9.02. The molecule has 0 heterocycles. The maximum atomic E-state index is 6.40. The SMILES string of the molecule is CCCCCC(/C(C)=C/C(Cl)CCC)C(C)CCNC. The summed E-state index contributed by atoms with van der Waals surface area (Å²) in [6.07, 6.45) is 11.1. The van der Waals surface area contributed by atoms with Crippen molar-refractivity contribution in [2.45, 2.75) is 78.0 Å². The molecule has 0 aromatic heterocycles. The summed E-state index contributed by atoms with van der Waals surface area (Å²) in [7, 11) is 2.04. The minimum absolute atomic E-state index is 0.213. The van der Waals surface area contributed by atoms with Gasteiger partial charge in [0.2, 0.25) is 0 Å². The second-order valence-electron chi connectivity index (χ2n) is 6.19. The first-order valence-electron chi connectivity index (χ1n) is 8.53. The number of alkyl halides is 1. The number of rotatable bonds is 12. The van der Waals surface area contributed by atoms with Gasteiger partial charge in [-0.3, -0.25) is 0 Å². The van der Waals surface area contributed by atoms with Crippen molar-refractivity contribution in [2.24, 2.45) is 11.8 Å². The lowest BCUT2D eigenvalue weighted by molar-refractivity contribution is 0.349. The van der Waals surface area contributed by atoms with E-state index in [9.17, 15) is 0 Å². The molecule has 0 radical (unpaired) electrons. The Labute approximate surface area is 132 Å². The van der Waals surface area contributed by atoms with Crippen LogP contribution in [0.2, 0.25) is 0 Å². The van der Waals surface area contributed by atoms with Crippen LogP contribution in [-0.4, -0.2) is 19.0 Å². The Morgan fingerprint density at radius 1 is 1.10 bits per heavy atom. The molecular weight excluding hydrogens is 266 g/mol. The quantitative estimate of drug-likeness (QED) is 0.273. The van der Waals surface area contributed by atoms with E-state index in [-0.39, 0.29) is 5.38 Å². The summed E-state index contributed by atoms with van der Waals surface area (Å²) < 4.78 is 0. The number of hydrogen-bond acceptors (Lipinski definition) is 1. The summed E-state index contributed by atoms with van der Waals surface area (Å²) in [5.41, 5.74) is 1.51. The van der Waals surface area contributed by atoms with E-state index in [1.54, 1.807) is 0 Å². The van der Waals surface area contributed by atoms with Crippen molar-refractivity contribution in [3.05, 3.63) is 11.6 Å². The average Bonchev–Trinajstić information content (AvgIpc) is 2.41. The van der Waals surface area contributed by atoms with Gasteiger partial charge in [-0.15, -0.1) is 11.6 Å². The van der Waals surface area contributed by atoms with E-state index in [1.807, 2.05) is 7.05 Å². The van der Waals surface area contributed by atoms with Crippen LogP contribution in [0.3, 0.4) is 0 Å². The molecule has 3 atom stereocenters. The normalized spacial score (nSPS) is 17.0. The predicted molar refractivity (Wildman–Crippen MR) is 93.6 cm³/mol. The first kappa shape index (κ1) is 20.0. The van der Waals surface area contributed by atoms with E-state index in [4.69, 9.17) is 11.6 Å². The summed E-state index contributed by atoms with van der Waals surface area (Å²) in [5, 5.41) is 3.49. The highest BCUT2D eigenvalue weighted by molar-refractivity contribution is 6.21. The maximum absolute atomic E-state index is 6.40. The number of halogens is 1. The van der Waals surface area contributed by atoms with Gasteiger partial charge in [-0.2, -0.15) is 0 Å². The fourth-order valence-corrected chi connectivity index (χ4v) is 3.33. The van der Waals surface area contributed by atoms with Crippen LogP contribution in [0, 0.1) is 11.8 Å². The van der Waals surface area contributed by atoms with Crippen molar-refractivity contribution >= 4 is 11.6 Å². The van der Waals surface area contributed by atoms with Crippen LogP contribution in [0.4, 0.5) is 0 Å². The summed E-state index contributed by atoms with van der Waals surface area (Å²) in [5.74, 6) is 1.44. The molecule has 1 N–H and O–H groups in total. The number of unbranched alkanes of at least 4 members (excludes halogenated alkanes) is 2. The van der Waals surface area contributed by atoms with E-state index in [0.29, 0.717) is 5.92 Å². The van der Waals surface area contributed by atoms with Crippen molar-refractivity contribution in [1.29, 1.82) is 0 Å². The standard InChI is InChI=1S/C18H36ClN/c1-6-8-9-11-18(15(3)12-13-20-5)16(4)14-17(19)10-7-2/h14-15,17-18,20H,6-13H2,1-5H3/b16-14+. The zero-order chi connectivity index (χ0) is 15.4. The van der Waals surface area contributed by atoms with Gasteiger partial charge in [0.05, 0.1) is 5.38 Å². The van der Waals surface area contributed by atoms with Crippen molar-refractivity contribution in [3.63, 3.8) is 0 Å². The fourth-order valence-electron chi connectivity index (χ4n) is 2.92. The highest BCUT2D eigenvalue weighted by atomic mass is 35.5. The van der Waals surface area contributed by atoms with E-state index in [0.717, 1.165) is 25.3 Å². The summed E-state index contributed by atoms with van der Waals surface area (Å²) in [6, 6.07) is 0. The molecule has 1 nitrogen and oxygen atoms in total. The minimum Gasteiger partial charge on any atom is -0.320 e. The van der Waals surface area contributed by atoms with Crippen LogP contribution in [0.1, 0.15) is 72.6 Å². The highest BCUT2D eigenvalue weighted by Gasteiger charge is 2.19. The summed E-state index contributed by atoms with van der Waals surface area (Å²) in [4.78, 5) is 0. The topological polar surface area (TPSA) is 12.0 Å². The average molecular weight is 302 g/mol. The molecule has 120 valence electrons. The van der Waals surface area contributed by atoms with Gasteiger partial charge < -0.3 is 5.32 Å². The minimum atomic E-state index is 0.213. The van der Waals surface area contributed by atoms with Gasteiger partial charge in [-0.1, -0.05) is 58.1 Å². The number of allylic oxidation sites excluding steroid dienone is 2. The van der Waals surface area contributed by atoms with Crippen LogP contribution >= 0.6 is 11.6 Å². The number of nitrogens with one attached hydrogen (secondary N) is 1. The Morgan fingerprint density at radius 3 is 2.35 bits per heavy atom. The zero-order valence-corrected chi connectivity index (χ0v) is 15.1. The molecule has 0 aromatic carbocycles. The van der Waals surface area contributed by atoms with Gasteiger partial charge in [-0.05, 0) is 51.6 Å². The van der Waals surface area contributed by atoms with Crippen molar-refractivity contribution < 1.29 is 0 Å². The van der Waals surface area contributed by atoms with Gasteiger partial charge in [0.1, 0.15) is 0 Å². The lowest BCUT2D eigenvalue weighted by atomic mass is 9.81. The molecule has 0 aliphatic heterocycles. The molecule has 20 heavy (non-hydrogen) atoms. The van der Waals surface area contributed by atoms with E-state index >= 15 is 0 Å². The monoisotopic (exact) mass is 301 g/mol. The highest BCUT2D eigenvalue weighted by Crippen LogP contribution is 2.29. The maximum Gasteiger partial charge on any atom is 0.0518 e. The molecule has 0 bridgehead atoms. The molecule has 0 aromatic rings. The lowest BCUT2D eigenvalue weighted by Crippen LogP contribution is -2.19. The van der Waals surface area contributed by atoms with Crippen molar-refractivity contribution in [1.82, 2.24) is 5.32 Å². The smallest absolute Gasteiger partial charge is 0.0518 e. The molecule has 2 heteroatoms. The Balaban J connectivity index is 4.62. The third-order valence-electron chi connectivity index (χ3n) is 4.25. The van der Waals surface area contributed by atoms with Crippen LogP contribution in [-0.2, 0) is 0 Å². The predicted octanol–water partition coefficient (Wildman–Crippen LogP) is 5.78. The van der Waals surface area contributed by atoms with Gasteiger partial charge in [-0.25, -0.2) is 0 Å². The van der Waals surface area contributed by atoms with Crippen LogP contribution in [0.5, 0.6) is 0 Å². The van der Waals surface area contributed by atoms with Gasteiger partial charge >= 0.3 is 0 Å². The van der Waals surface area contributed by atoms with Crippen molar-refractivity contribution in [2.75, 3.05) is 13.6 Å². The Bertz CT molecular complexity index is 250. The summed E-state index contributed by atoms with van der Waals surface area (Å²) in [6.45, 7) is 10.3. The Hall–Kier alpha value is -0.0100. The molecule has 0 spiro atoms. The van der Waals surface area contributed by atoms with E-state index in [2.05, 4.69) is 39.1 Å². The second-order valence-corrected chi connectivity index (χ2v) is 6.75. The molecule has 0 aliphatic rings. The number of hydrogen-bond donors (Lipinski definition) is 1. The van der Waals surface area contributed by atoms with Crippen LogP contribution < -0.4 is 5.32 Å². The third-order valence-corrected chi connectivity index (χ3v) is 4.59. The molecule has 3 unspecified atom stereocenters. The lowest BCUT2D eigenvalue weighted by Gasteiger charge is -2.26. The molecular formula is C18H36ClN. The molecule has 0 saturated carbocycles. The largest absolute Gasteiger partial charge is 0.320 e. The van der Waals surface area contributed by atoms with E-state index in [1.165, 1.54) is 37.7 Å². The van der Waals surface area contributed by atoms with Crippen molar-refractivity contribution in [3.8, 4) is 0 Å². The van der Waals surface area contributed by atoms with Gasteiger partial charge in [0, 0.05) is 0 Å². The first-order valence-corrected chi connectivity index (χ1v) is 8.97. The molecule has 0 fully saturated rings. The molecule has 0 amide bonds. The Kier molecular flexibility index (Phi) is 12.7. The van der Waals surface area contributed by atoms with Crippen LogP contribution in [0.25, 0.3) is 0 Å². The van der Waals surface area contributed by atoms with Gasteiger partial charge in [0.25, 0.3) is 0 Å². The second kappa shape index (κ2) is 12.7. The van der Waals surface area contributed by atoms with E-state index < -0.39 is 0 Å². The Morgan fingerprint density at radius 2 is 1.80 bits per heavy atom. The first-order chi connectivity index (χ1) is 9.56. The summed E-state index contributed by atoms with van der Waals surface area (Å²) >= 11 is 6.40. The molecule has 0 aliphatic carbocycles. The van der Waals surface area contributed by atoms with Crippen LogP contribution in [0.15, 0.2) is 11.6 Å². The molecule has 0 saturated heterocycles. The van der Waals surface area contributed by atoms with Gasteiger partial charge in [0.15, 0.2) is 0 Å². The fraction of sp³-hybridized carbons (Fsp3) is 0.889. The molecule has 0 rings (SSSR count). The zero-order valence-electron chi connectivity index (χ0n) is 14.3.